The second-order valence-corrected chi connectivity index (χ2v) is 9.28. The average Bonchev–Trinajstić information content (AvgIpc) is 3.08. The molecule has 3 fully saturated rings. The van der Waals surface area contributed by atoms with Gasteiger partial charge in [0.25, 0.3) is 0 Å². The molecule has 0 amide bonds. The lowest BCUT2D eigenvalue weighted by Crippen LogP contribution is -2.53. The van der Waals surface area contributed by atoms with E-state index >= 15 is 0 Å². The van der Waals surface area contributed by atoms with Gasteiger partial charge < -0.3 is 9.72 Å². The molecule has 2 saturated carbocycles. The minimum absolute atomic E-state index is 0.449. The van der Waals surface area contributed by atoms with Crippen molar-refractivity contribution in [2.45, 2.75) is 63.5 Å². The van der Waals surface area contributed by atoms with Gasteiger partial charge in [0.1, 0.15) is 5.82 Å². The van der Waals surface area contributed by atoms with Gasteiger partial charge >= 0.3 is 0 Å². The zero-order valence-electron chi connectivity index (χ0n) is 17.1. The predicted molar refractivity (Wildman–Crippen MR) is 111 cm³/mol. The Morgan fingerprint density at radius 3 is 2.86 bits per heavy atom. The fourth-order valence-corrected chi connectivity index (χ4v) is 5.59. The van der Waals surface area contributed by atoms with Crippen LogP contribution in [0.3, 0.4) is 0 Å². The molecule has 1 aliphatic heterocycles. The van der Waals surface area contributed by atoms with Crippen LogP contribution in [0.4, 0.5) is 0 Å². The molecule has 0 spiro atoms. The summed E-state index contributed by atoms with van der Waals surface area (Å²) in [6.07, 6.45) is 11.6. The SMILES string of the molecule is CC[C@@H]1C[C@H](N(CCC2CC2)C2COC2)CC1c1nnc2cnc3[nH]ccc3n12. The number of hydrogen-bond donors (Lipinski definition) is 1. The molecule has 7 heteroatoms. The molecular formula is C22H30N6O. The Hall–Kier alpha value is -1.99. The Morgan fingerprint density at radius 1 is 1.21 bits per heavy atom. The van der Waals surface area contributed by atoms with Gasteiger partial charge in [-0.15, -0.1) is 10.2 Å². The van der Waals surface area contributed by atoms with E-state index < -0.39 is 0 Å². The van der Waals surface area contributed by atoms with Gasteiger partial charge in [-0.05, 0) is 43.7 Å². The first-order chi connectivity index (χ1) is 14.3. The maximum absolute atomic E-state index is 5.57. The van der Waals surface area contributed by atoms with E-state index in [4.69, 9.17) is 4.74 Å². The van der Waals surface area contributed by atoms with Gasteiger partial charge in [0, 0.05) is 18.2 Å². The number of H-pyrrole nitrogens is 1. The van der Waals surface area contributed by atoms with Crippen LogP contribution in [-0.4, -0.2) is 61.3 Å². The standard InChI is InChI=1S/C22H30N6O/c1-2-15-9-16(27(17-12-29-13-17)8-6-14-3-4-14)10-18(15)22-26-25-20-11-24-21-19(28(20)22)5-7-23-21/h5,7,11,14-18,23H,2-4,6,8-10,12-13H2,1H3/t15-,16+,18?/m1/s1. The van der Waals surface area contributed by atoms with Crippen molar-refractivity contribution in [3.8, 4) is 0 Å². The first kappa shape index (κ1) is 17.8. The van der Waals surface area contributed by atoms with Crippen molar-refractivity contribution in [3.05, 3.63) is 24.3 Å². The molecule has 3 atom stereocenters. The van der Waals surface area contributed by atoms with Gasteiger partial charge in [0.2, 0.25) is 0 Å². The summed E-state index contributed by atoms with van der Waals surface area (Å²) >= 11 is 0. The molecule has 1 N–H and O–H groups in total. The molecule has 0 aromatic carbocycles. The molecule has 1 saturated heterocycles. The highest BCUT2D eigenvalue weighted by atomic mass is 16.5. The van der Waals surface area contributed by atoms with Crippen molar-refractivity contribution >= 4 is 16.8 Å². The van der Waals surface area contributed by atoms with Crippen LogP contribution in [0.1, 0.15) is 57.2 Å². The maximum Gasteiger partial charge on any atom is 0.179 e. The third kappa shape index (κ3) is 3.06. The van der Waals surface area contributed by atoms with Crippen LogP contribution >= 0.6 is 0 Å². The quantitative estimate of drug-likeness (QED) is 0.665. The van der Waals surface area contributed by atoms with E-state index in [1.807, 2.05) is 12.4 Å². The Balaban J connectivity index is 1.31. The highest BCUT2D eigenvalue weighted by Gasteiger charge is 2.42. The summed E-state index contributed by atoms with van der Waals surface area (Å²) in [6.45, 7) is 5.38. The first-order valence-electron chi connectivity index (χ1n) is 11.3. The largest absolute Gasteiger partial charge is 0.378 e. The molecule has 3 aromatic heterocycles. The van der Waals surface area contributed by atoms with Crippen LogP contribution in [0.25, 0.3) is 16.8 Å². The summed E-state index contributed by atoms with van der Waals surface area (Å²) in [5.74, 6) is 3.20. The van der Waals surface area contributed by atoms with E-state index in [9.17, 15) is 0 Å². The fraction of sp³-hybridized carbons (Fsp3) is 0.682. The van der Waals surface area contributed by atoms with Gasteiger partial charge in [-0.1, -0.05) is 26.2 Å². The van der Waals surface area contributed by atoms with Gasteiger partial charge in [0.05, 0.1) is 31.0 Å². The van der Waals surface area contributed by atoms with Crippen LogP contribution in [0.2, 0.25) is 0 Å². The summed E-state index contributed by atoms with van der Waals surface area (Å²) < 4.78 is 7.80. The van der Waals surface area contributed by atoms with Crippen molar-refractivity contribution in [1.29, 1.82) is 0 Å². The summed E-state index contributed by atoms with van der Waals surface area (Å²) in [7, 11) is 0. The molecule has 1 unspecified atom stereocenters. The Morgan fingerprint density at radius 2 is 2.10 bits per heavy atom. The zero-order chi connectivity index (χ0) is 19.4. The molecule has 4 heterocycles. The number of rotatable bonds is 7. The summed E-state index contributed by atoms with van der Waals surface area (Å²) in [5.41, 5.74) is 2.83. The highest BCUT2D eigenvalue weighted by molar-refractivity contribution is 5.74. The number of nitrogens with one attached hydrogen (secondary N) is 1. The average molecular weight is 395 g/mol. The molecule has 2 aliphatic carbocycles. The topological polar surface area (TPSA) is 71.3 Å². The number of fused-ring (bicyclic) bond motifs is 3. The van der Waals surface area contributed by atoms with E-state index in [-0.39, 0.29) is 0 Å². The number of hydrogen-bond acceptors (Lipinski definition) is 5. The molecule has 3 aromatic rings. The first-order valence-corrected chi connectivity index (χ1v) is 11.3. The van der Waals surface area contributed by atoms with Crippen molar-refractivity contribution in [2.75, 3.05) is 19.8 Å². The third-order valence-corrected chi connectivity index (χ3v) is 7.54. The molecule has 154 valence electrons. The van der Waals surface area contributed by atoms with E-state index in [1.54, 1.807) is 0 Å². The second-order valence-electron chi connectivity index (χ2n) is 9.28. The summed E-state index contributed by atoms with van der Waals surface area (Å²) in [5, 5.41) is 9.14. The van der Waals surface area contributed by atoms with Crippen LogP contribution in [0, 0.1) is 11.8 Å². The third-order valence-electron chi connectivity index (χ3n) is 7.54. The molecular weight excluding hydrogens is 364 g/mol. The van der Waals surface area contributed by atoms with Crippen LogP contribution < -0.4 is 0 Å². The van der Waals surface area contributed by atoms with Crippen molar-refractivity contribution < 1.29 is 4.74 Å². The fourth-order valence-electron chi connectivity index (χ4n) is 5.59. The summed E-state index contributed by atoms with van der Waals surface area (Å²) in [6, 6.07) is 3.34. The van der Waals surface area contributed by atoms with E-state index in [0.29, 0.717) is 23.9 Å². The minimum Gasteiger partial charge on any atom is -0.378 e. The van der Waals surface area contributed by atoms with Gasteiger partial charge in [-0.3, -0.25) is 9.30 Å². The van der Waals surface area contributed by atoms with Gasteiger partial charge in [-0.25, -0.2) is 4.98 Å². The van der Waals surface area contributed by atoms with E-state index in [0.717, 1.165) is 41.8 Å². The van der Waals surface area contributed by atoms with Crippen molar-refractivity contribution in [2.24, 2.45) is 11.8 Å². The van der Waals surface area contributed by atoms with E-state index in [1.165, 1.54) is 45.1 Å². The van der Waals surface area contributed by atoms with Gasteiger partial charge in [0.15, 0.2) is 11.3 Å². The lowest BCUT2D eigenvalue weighted by Gasteiger charge is -2.41. The van der Waals surface area contributed by atoms with Crippen molar-refractivity contribution in [3.63, 3.8) is 0 Å². The predicted octanol–water partition coefficient (Wildman–Crippen LogP) is 3.38. The minimum atomic E-state index is 0.449. The van der Waals surface area contributed by atoms with Crippen LogP contribution in [0.15, 0.2) is 18.5 Å². The number of aromatic amines is 1. The number of aromatic nitrogens is 5. The van der Waals surface area contributed by atoms with E-state index in [2.05, 4.69) is 42.5 Å². The Labute approximate surface area is 170 Å². The second kappa shape index (κ2) is 7.06. The normalized spacial score (nSPS) is 28.0. The molecule has 6 rings (SSSR count). The Kier molecular flexibility index (Phi) is 4.34. The smallest absolute Gasteiger partial charge is 0.179 e. The number of ether oxygens (including phenoxy) is 1. The lowest BCUT2D eigenvalue weighted by molar-refractivity contribution is -0.0798. The molecule has 0 radical (unpaired) electrons. The molecule has 0 bridgehead atoms. The molecule has 29 heavy (non-hydrogen) atoms. The highest BCUT2D eigenvalue weighted by Crippen LogP contribution is 2.44. The molecule has 3 aliphatic rings. The monoisotopic (exact) mass is 394 g/mol. The maximum atomic E-state index is 5.57. The van der Waals surface area contributed by atoms with Crippen molar-refractivity contribution in [1.82, 2.24) is 29.5 Å². The Bertz CT molecular complexity index is 1000. The van der Waals surface area contributed by atoms with Gasteiger partial charge in [-0.2, -0.15) is 0 Å². The lowest BCUT2D eigenvalue weighted by atomic mass is 9.93. The summed E-state index contributed by atoms with van der Waals surface area (Å²) in [4.78, 5) is 10.5. The molecule has 7 nitrogen and oxygen atoms in total. The van der Waals surface area contributed by atoms with Crippen LogP contribution in [0.5, 0.6) is 0 Å². The van der Waals surface area contributed by atoms with Crippen LogP contribution in [-0.2, 0) is 4.74 Å². The number of nitrogens with zero attached hydrogens (tertiary/aromatic N) is 5. The zero-order valence-corrected chi connectivity index (χ0v) is 17.1.